The summed E-state index contributed by atoms with van der Waals surface area (Å²) in [5.74, 6) is 0.850. The highest BCUT2D eigenvalue weighted by atomic mass is 16.5. The van der Waals surface area contributed by atoms with Crippen LogP contribution in [0.25, 0.3) is 0 Å². The molecule has 1 atom stereocenters. The summed E-state index contributed by atoms with van der Waals surface area (Å²) >= 11 is 0. The molecule has 1 saturated heterocycles. The molecule has 1 amide bonds. The third kappa shape index (κ3) is 4.15. The summed E-state index contributed by atoms with van der Waals surface area (Å²) in [6.07, 6.45) is 2.71. The predicted octanol–water partition coefficient (Wildman–Crippen LogP) is 0.518. The number of aromatic nitrogens is 1. The van der Waals surface area contributed by atoms with Crippen LogP contribution in [0.3, 0.4) is 0 Å². The van der Waals surface area contributed by atoms with Gasteiger partial charge in [-0.15, -0.1) is 0 Å². The number of β-amino-alcohol motifs (C(OH)–C–C–N with tert-alkyl or cyclic N) is 1. The number of hydrogen-bond donors (Lipinski definition) is 1. The molecule has 0 aliphatic carbocycles. The maximum Gasteiger partial charge on any atom is 0.224 e. The van der Waals surface area contributed by atoms with Crippen molar-refractivity contribution in [3.8, 4) is 0 Å². The lowest BCUT2D eigenvalue weighted by Crippen LogP contribution is -2.46. The number of nitrogens with zero attached hydrogens (tertiary/aromatic N) is 3. The molecular formula is C15H23N3O3. The minimum absolute atomic E-state index is 0.0124. The standard InChI is InChI=1S/C15H23N3O3/c1-17(14(19)6-10-21-2)11-15(20)7-9-18(12-15)13-5-3-4-8-16-13/h3-5,8,20H,6-7,9-12H2,1-2H3. The summed E-state index contributed by atoms with van der Waals surface area (Å²) in [5.41, 5.74) is -0.880. The van der Waals surface area contributed by atoms with Crippen molar-refractivity contribution in [3.63, 3.8) is 0 Å². The van der Waals surface area contributed by atoms with E-state index < -0.39 is 5.60 Å². The molecule has 2 heterocycles. The van der Waals surface area contributed by atoms with Crippen molar-refractivity contribution in [2.75, 3.05) is 45.3 Å². The molecule has 2 rings (SSSR count). The lowest BCUT2D eigenvalue weighted by molar-refractivity contribution is -0.133. The van der Waals surface area contributed by atoms with Gasteiger partial charge in [0.05, 0.1) is 19.6 Å². The lowest BCUT2D eigenvalue weighted by atomic mass is 10.0. The zero-order valence-corrected chi connectivity index (χ0v) is 12.7. The van der Waals surface area contributed by atoms with Crippen LogP contribution in [0.1, 0.15) is 12.8 Å². The molecule has 0 aromatic carbocycles. The molecule has 1 N–H and O–H groups in total. The molecule has 1 aliphatic heterocycles. The third-order valence-corrected chi connectivity index (χ3v) is 3.78. The maximum atomic E-state index is 11.9. The van der Waals surface area contributed by atoms with Crippen LogP contribution in [0.15, 0.2) is 24.4 Å². The summed E-state index contributed by atoms with van der Waals surface area (Å²) < 4.78 is 4.91. The van der Waals surface area contributed by atoms with Gasteiger partial charge in [-0.3, -0.25) is 4.79 Å². The highest BCUT2D eigenvalue weighted by molar-refractivity contribution is 5.76. The van der Waals surface area contributed by atoms with E-state index >= 15 is 0 Å². The van der Waals surface area contributed by atoms with Gasteiger partial charge in [0.25, 0.3) is 0 Å². The molecule has 116 valence electrons. The molecule has 0 spiro atoms. The predicted molar refractivity (Wildman–Crippen MR) is 80.1 cm³/mol. The number of carbonyl (C=O) groups excluding carboxylic acids is 1. The number of rotatable bonds is 6. The van der Waals surface area contributed by atoms with Gasteiger partial charge in [0, 0.05) is 33.4 Å². The normalized spacial score (nSPS) is 21.6. The number of amides is 1. The van der Waals surface area contributed by atoms with E-state index in [0.717, 1.165) is 12.4 Å². The Hall–Kier alpha value is -1.66. The number of pyridine rings is 1. The van der Waals surface area contributed by atoms with Gasteiger partial charge < -0.3 is 19.6 Å². The first-order valence-corrected chi connectivity index (χ1v) is 7.15. The minimum atomic E-state index is -0.880. The van der Waals surface area contributed by atoms with Crippen LogP contribution < -0.4 is 4.90 Å². The molecule has 6 nitrogen and oxygen atoms in total. The smallest absolute Gasteiger partial charge is 0.224 e. The molecular weight excluding hydrogens is 270 g/mol. The molecule has 6 heteroatoms. The molecule has 1 unspecified atom stereocenters. The first kappa shape index (κ1) is 15.7. The molecule has 0 radical (unpaired) electrons. The monoisotopic (exact) mass is 293 g/mol. The Bertz CT molecular complexity index is 468. The SMILES string of the molecule is COCCC(=O)N(C)CC1(O)CCN(c2ccccn2)C1. The van der Waals surface area contributed by atoms with Crippen molar-refractivity contribution in [1.29, 1.82) is 0 Å². The number of carbonyl (C=O) groups is 1. The summed E-state index contributed by atoms with van der Waals surface area (Å²) in [6, 6.07) is 5.73. The highest BCUT2D eigenvalue weighted by Crippen LogP contribution is 2.26. The minimum Gasteiger partial charge on any atom is -0.386 e. The lowest BCUT2D eigenvalue weighted by Gasteiger charge is -2.29. The van der Waals surface area contributed by atoms with Crippen molar-refractivity contribution < 1.29 is 14.6 Å². The van der Waals surface area contributed by atoms with Crippen LogP contribution >= 0.6 is 0 Å². The molecule has 0 saturated carbocycles. The maximum absolute atomic E-state index is 11.9. The first-order valence-electron chi connectivity index (χ1n) is 7.15. The van der Waals surface area contributed by atoms with E-state index in [4.69, 9.17) is 4.74 Å². The fourth-order valence-corrected chi connectivity index (χ4v) is 2.63. The van der Waals surface area contributed by atoms with Crippen molar-refractivity contribution in [2.24, 2.45) is 0 Å². The Morgan fingerprint density at radius 3 is 3.05 bits per heavy atom. The summed E-state index contributed by atoms with van der Waals surface area (Å²) in [4.78, 5) is 19.8. The topological polar surface area (TPSA) is 65.9 Å². The van der Waals surface area contributed by atoms with Gasteiger partial charge in [-0.25, -0.2) is 4.98 Å². The van der Waals surface area contributed by atoms with E-state index in [1.807, 2.05) is 23.1 Å². The van der Waals surface area contributed by atoms with Gasteiger partial charge in [-0.1, -0.05) is 6.07 Å². The van der Waals surface area contributed by atoms with E-state index in [-0.39, 0.29) is 5.91 Å². The Kier molecular flexibility index (Phi) is 5.14. The first-order chi connectivity index (χ1) is 10.0. The van der Waals surface area contributed by atoms with Crippen LogP contribution in [-0.4, -0.2) is 66.9 Å². The zero-order chi connectivity index (χ0) is 15.3. The molecule has 1 aromatic rings. The van der Waals surface area contributed by atoms with Crippen LogP contribution in [0.5, 0.6) is 0 Å². The van der Waals surface area contributed by atoms with Gasteiger partial charge in [0.15, 0.2) is 0 Å². The van der Waals surface area contributed by atoms with Gasteiger partial charge >= 0.3 is 0 Å². The Morgan fingerprint density at radius 1 is 1.57 bits per heavy atom. The average molecular weight is 293 g/mol. The fraction of sp³-hybridized carbons (Fsp3) is 0.600. The third-order valence-electron chi connectivity index (χ3n) is 3.78. The van der Waals surface area contributed by atoms with E-state index in [1.165, 1.54) is 0 Å². The Balaban J connectivity index is 1.90. The average Bonchev–Trinajstić information content (AvgIpc) is 2.87. The van der Waals surface area contributed by atoms with Gasteiger partial charge in [0.2, 0.25) is 5.91 Å². The number of hydrogen-bond acceptors (Lipinski definition) is 5. The number of likely N-dealkylation sites (N-methyl/N-ethyl adjacent to an activating group) is 1. The van der Waals surface area contributed by atoms with Gasteiger partial charge in [-0.2, -0.15) is 0 Å². The second-order valence-corrected chi connectivity index (χ2v) is 5.58. The van der Waals surface area contributed by atoms with Crippen LogP contribution in [0.2, 0.25) is 0 Å². The van der Waals surface area contributed by atoms with Gasteiger partial charge in [0.1, 0.15) is 11.4 Å². The Morgan fingerprint density at radius 2 is 2.38 bits per heavy atom. The van der Waals surface area contributed by atoms with Crippen LogP contribution in [0.4, 0.5) is 5.82 Å². The molecule has 21 heavy (non-hydrogen) atoms. The molecule has 1 aromatic heterocycles. The summed E-state index contributed by atoms with van der Waals surface area (Å²) in [7, 11) is 3.29. The second-order valence-electron chi connectivity index (χ2n) is 5.58. The quantitative estimate of drug-likeness (QED) is 0.828. The van der Waals surface area contributed by atoms with E-state index in [0.29, 0.717) is 32.5 Å². The summed E-state index contributed by atoms with van der Waals surface area (Å²) in [6.45, 7) is 1.97. The number of methoxy groups -OCH3 is 1. The van der Waals surface area contributed by atoms with Crippen LogP contribution in [-0.2, 0) is 9.53 Å². The largest absolute Gasteiger partial charge is 0.386 e. The number of anilines is 1. The number of aliphatic hydroxyl groups is 1. The second kappa shape index (κ2) is 6.87. The van der Waals surface area contributed by atoms with Crippen molar-refractivity contribution in [2.45, 2.75) is 18.4 Å². The van der Waals surface area contributed by atoms with Crippen molar-refractivity contribution >= 4 is 11.7 Å². The van der Waals surface area contributed by atoms with Crippen LogP contribution in [0, 0.1) is 0 Å². The zero-order valence-electron chi connectivity index (χ0n) is 12.7. The number of ether oxygens (including phenoxy) is 1. The van der Waals surface area contributed by atoms with E-state index in [2.05, 4.69) is 4.98 Å². The van der Waals surface area contributed by atoms with Crippen molar-refractivity contribution in [3.05, 3.63) is 24.4 Å². The molecule has 0 bridgehead atoms. The Labute approximate surface area is 125 Å². The summed E-state index contributed by atoms with van der Waals surface area (Å²) in [5, 5.41) is 10.7. The molecule has 1 aliphatic rings. The fourth-order valence-electron chi connectivity index (χ4n) is 2.63. The van der Waals surface area contributed by atoms with Gasteiger partial charge in [-0.05, 0) is 18.6 Å². The highest BCUT2D eigenvalue weighted by Gasteiger charge is 2.38. The van der Waals surface area contributed by atoms with Crippen molar-refractivity contribution in [1.82, 2.24) is 9.88 Å². The van der Waals surface area contributed by atoms with E-state index in [1.54, 1.807) is 25.3 Å². The molecule has 1 fully saturated rings. The van der Waals surface area contributed by atoms with E-state index in [9.17, 15) is 9.90 Å².